The molecule has 0 bridgehead atoms. The third-order valence-electron chi connectivity index (χ3n) is 5.01. The first-order chi connectivity index (χ1) is 8.74. The first-order valence-corrected chi connectivity index (χ1v) is 7.73. The van der Waals surface area contributed by atoms with E-state index in [0.29, 0.717) is 6.04 Å². The van der Waals surface area contributed by atoms with E-state index >= 15 is 0 Å². The third-order valence-corrected chi connectivity index (χ3v) is 5.01. The average molecular weight is 254 g/mol. The highest BCUT2D eigenvalue weighted by atomic mass is 16.5. The fourth-order valence-corrected chi connectivity index (χ4v) is 3.65. The van der Waals surface area contributed by atoms with Gasteiger partial charge in [0.25, 0.3) is 0 Å². The monoisotopic (exact) mass is 254 g/mol. The highest BCUT2D eigenvalue weighted by Crippen LogP contribution is 2.32. The predicted octanol–water partition coefficient (Wildman–Crippen LogP) is 2.12. The molecule has 2 aliphatic rings. The molecule has 1 aliphatic carbocycles. The van der Waals surface area contributed by atoms with Crippen molar-refractivity contribution in [3.63, 3.8) is 0 Å². The summed E-state index contributed by atoms with van der Waals surface area (Å²) < 4.78 is 5.54. The summed E-state index contributed by atoms with van der Waals surface area (Å²) in [5, 5.41) is 3.55. The Labute approximate surface area is 112 Å². The van der Waals surface area contributed by atoms with E-state index < -0.39 is 0 Å². The van der Waals surface area contributed by atoms with E-state index in [1.807, 2.05) is 0 Å². The molecular weight excluding hydrogens is 224 g/mol. The van der Waals surface area contributed by atoms with Crippen LogP contribution in [-0.4, -0.2) is 50.3 Å². The molecule has 0 aromatic heterocycles. The second-order valence-corrected chi connectivity index (χ2v) is 6.16. The molecule has 3 nitrogen and oxygen atoms in total. The SMILES string of the molecule is CCC1CCC(NC)C(CN2CCOCC2C)C1. The van der Waals surface area contributed by atoms with Gasteiger partial charge in [0.05, 0.1) is 13.2 Å². The molecule has 106 valence electrons. The highest BCUT2D eigenvalue weighted by Gasteiger charge is 2.31. The average Bonchev–Trinajstić information content (AvgIpc) is 2.41. The maximum Gasteiger partial charge on any atom is 0.0619 e. The molecule has 1 aliphatic heterocycles. The lowest BCUT2D eigenvalue weighted by atomic mass is 9.76. The number of hydrogen-bond donors (Lipinski definition) is 1. The normalized spacial score (nSPS) is 38.8. The van der Waals surface area contributed by atoms with Crippen LogP contribution in [0.15, 0.2) is 0 Å². The molecule has 0 amide bonds. The standard InChI is InChI=1S/C15H30N2O/c1-4-13-5-6-15(16-3)14(9-13)10-17-7-8-18-11-12(17)2/h12-16H,4-11H2,1-3H3. The van der Waals surface area contributed by atoms with E-state index in [4.69, 9.17) is 4.74 Å². The smallest absolute Gasteiger partial charge is 0.0619 e. The van der Waals surface area contributed by atoms with E-state index in [9.17, 15) is 0 Å². The van der Waals surface area contributed by atoms with Crippen LogP contribution in [0.2, 0.25) is 0 Å². The maximum atomic E-state index is 5.54. The number of nitrogens with zero attached hydrogens (tertiary/aromatic N) is 1. The molecule has 1 heterocycles. The number of rotatable bonds is 4. The van der Waals surface area contributed by atoms with Crippen molar-refractivity contribution in [3.8, 4) is 0 Å². The molecule has 0 aromatic rings. The van der Waals surface area contributed by atoms with Crippen LogP contribution >= 0.6 is 0 Å². The van der Waals surface area contributed by atoms with Gasteiger partial charge in [-0.1, -0.05) is 13.3 Å². The Hall–Kier alpha value is -0.120. The lowest BCUT2D eigenvalue weighted by Gasteiger charge is -2.41. The molecule has 0 spiro atoms. The minimum absolute atomic E-state index is 0.596. The highest BCUT2D eigenvalue weighted by molar-refractivity contribution is 4.87. The maximum absolute atomic E-state index is 5.54. The molecule has 2 fully saturated rings. The van der Waals surface area contributed by atoms with Crippen LogP contribution in [0.25, 0.3) is 0 Å². The van der Waals surface area contributed by atoms with Gasteiger partial charge in [-0.15, -0.1) is 0 Å². The van der Waals surface area contributed by atoms with Crippen LogP contribution in [-0.2, 0) is 4.74 Å². The Kier molecular flexibility index (Phi) is 5.46. The quantitative estimate of drug-likeness (QED) is 0.832. The van der Waals surface area contributed by atoms with E-state index in [1.165, 1.54) is 32.2 Å². The summed E-state index contributed by atoms with van der Waals surface area (Å²) in [6, 6.07) is 1.32. The van der Waals surface area contributed by atoms with Crippen LogP contribution < -0.4 is 5.32 Å². The van der Waals surface area contributed by atoms with E-state index in [-0.39, 0.29) is 0 Å². The molecule has 1 saturated heterocycles. The zero-order valence-corrected chi connectivity index (χ0v) is 12.3. The van der Waals surface area contributed by atoms with E-state index in [1.54, 1.807) is 0 Å². The van der Waals surface area contributed by atoms with E-state index in [0.717, 1.165) is 37.6 Å². The van der Waals surface area contributed by atoms with Gasteiger partial charge in [0.2, 0.25) is 0 Å². The van der Waals surface area contributed by atoms with Gasteiger partial charge in [-0.3, -0.25) is 4.90 Å². The van der Waals surface area contributed by atoms with Crippen LogP contribution in [0.4, 0.5) is 0 Å². The van der Waals surface area contributed by atoms with Gasteiger partial charge in [0, 0.05) is 25.2 Å². The minimum atomic E-state index is 0.596. The van der Waals surface area contributed by atoms with Crippen molar-refractivity contribution in [1.82, 2.24) is 10.2 Å². The second kappa shape index (κ2) is 6.88. The van der Waals surface area contributed by atoms with Gasteiger partial charge in [-0.25, -0.2) is 0 Å². The Morgan fingerprint density at radius 3 is 2.83 bits per heavy atom. The van der Waals surface area contributed by atoms with Crippen molar-refractivity contribution in [2.75, 3.05) is 33.4 Å². The zero-order chi connectivity index (χ0) is 13.0. The van der Waals surface area contributed by atoms with Crippen LogP contribution in [0.5, 0.6) is 0 Å². The first kappa shape index (κ1) is 14.3. The van der Waals surface area contributed by atoms with Crippen LogP contribution in [0, 0.1) is 11.8 Å². The molecule has 3 heteroatoms. The number of ether oxygens (including phenoxy) is 1. The lowest BCUT2D eigenvalue weighted by Crippen LogP contribution is -2.50. The third kappa shape index (κ3) is 3.46. The summed E-state index contributed by atoms with van der Waals surface area (Å²) in [6.45, 7) is 8.84. The molecule has 0 aromatic carbocycles. The second-order valence-electron chi connectivity index (χ2n) is 6.16. The number of hydrogen-bond acceptors (Lipinski definition) is 3. The van der Waals surface area contributed by atoms with Gasteiger partial charge in [0.1, 0.15) is 0 Å². The Morgan fingerprint density at radius 1 is 1.33 bits per heavy atom. The van der Waals surface area contributed by atoms with Crippen molar-refractivity contribution in [2.45, 2.75) is 51.6 Å². The van der Waals surface area contributed by atoms with Crippen molar-refractivity contribution < 1.29 is 4.74 Å². The molecule has 18 heavy (non-hydrogen) atoms. The van der Waals surface area contributed by atoms with Crippen LogP contribution in [0.3, 0.4) is 0 Å². The lowest BCUT2D eigenvalue weighted by molar-refractivity contribution is -0.0144. The summed E-state index contributed by atoms with van der Waals surface area (Å²) >= 11 is 0. The summed E-state index contributed by atoms with van der Waals surface area (Å²) in [7, 11) is 2.13. The Balaban J connectivity index is 1.91. The minimum Gasteiger partial charge on any atom is -0.379 e. The zero-order valence-electron chi connectivity index (χ0n) is 12.3. The molecule has 2 rings (SSSR count). The molecule has 0 radical (unpaired) electrons. The Bertz CT molecular complexity index is 247. The van der Waals surface area contributed by atoms with Crippen molar-refractivity contribution >= 4 is 0 Å². The van der Waals surface area contributed by atoms with Gasteiger partial charge in [0.15, 0.2) is 0 Å². The summed E-state index contributed by atoms with van der Waals surface area (Å²) in [4.78, 5) is 2.64. The topological polar surface area (TPSA) is 24.5 Å². The van der Waals surface area contributed by atoms with Crippen molar-refractivity contribution in [3.05, 3.63) is 0 Å². The number of morpholine rings is 1. The molecule has 4 atom stereocenters. The summed E-state index contributed by atoms with van der Waals surface area (Å²) in [5.41, 5.74) is 0. The molecule has 1 N–H and O–H groups in total. The fraction of sp³-hybridized carbons (Fsp3) is 1.00. The molecular formula is C15H30N2O. The fourth-order valence-electron chi connectivity index (χ4n) is 3.65. The summed E-state index contributed by atoms with van der Waals surface area (Å²) in [6.07, 6.45) is 5.53. The van der Waals surface area contributed by atoms with Crippen molar-refractivity contribution in [2.24, 2.45) is 11.8 Å². The van der Waals surface area contributed by atoms with Crippen LogP contribution in [0.1, 0.15) is 39.5 Å². The Morgan fingerprint density at radius 2 is 2.17 bits per heavy atom. The number of nitrogens with one attached hydrogen (secondary N) is 1. The predicted molar refractivity (Wildman–Crippen MR) is 75.8 cm³/mol. The van der Waals surface area contributed by atoms with Gasteiger partial charge in [-0.05, 0) is 45.1 Å². The first-order valence-electron chi connectivity index (χ1n) is 7.73. The van der Waals surface area contributed by atoms with Gasteiger partial charge >= 0.3 is 0 Å². The van der Waals surface area contributed by atoms with Gasteiger partial charge < -0.3 is 10.1 Å². The van der Waals surface area contributed by atoms with Crippen molar-refractivity contribution in [1.29, 1.82) is 0 Å². The van der Waals surface area contributed by atoms with Gasteiger partial charge in [-0.2, -0.15) is 0 Å². The summed E-state index contributed by atoms with van der Waals surface area (Å²) in [5.74, 6) is 1.78. The van der Waals surface area contributed by atoms with E-state index in [2.05, 4.69) is 31.1 Å². The largest absolute Gasteiger partial charge is 0.379 e. The molecule has 1 saturated carbocycles. The molecule has 4 unspecified atom stereocenters.